The predicted molar refractivity (Wildman–Crippen MR) is 127 cm³/mol. The molecule has 0 saturated carbocycles. The molecule has 0 bridgehead atoms. The lowest BCUT2D eigenvalue weighted by Gasteiger charge is -2.33. The Morgan fingerprint density at radius 1 is 1.03 bits per heavy atom. The van der Waals surface area contributed by atoms with E-state index < -0.39 is 0 Å². The zero-order valence-corrected chi connectivity index (χ0v) is 19.9. The number of nitrogens with zero attached hydrogens (tertiary/aromatic N) is 7. The first-order chi connectivity index (χ1) is 16.5. The van der Waals surface area contributed by atoms with Gasteiger partial charge in [-0.3, -0.25) is 9.69 Å². The van der Waals surface area contributed by atoms with E-state index in [1.807, 2.05) is 31.2 Å². The second-order valence-electron chi connectivity index (χ2n) is 8.00. The maximum atomic E-state index is 13.1. The second kappa shape index (κ2) is 9.54. The highest BCUT2D eigenvalue weighted by molar-refractivity contribution is 6.31. The molecule has 1 aliphatic heterocycles. The van der Waals surface area contributed by atoms with E-state index in [0.717, 1.165) is 11.3 Å². The highest BCUT2D eigenvalue weighted by atomic mass is 35.5. The number of carbonyl (C=O) groups excluding carboxylic acids is 1. The van der Waals surface area contributed by atoms with Crippen LogP contribution in [0.2, 0.25) is 10.0 Å². The van der Waals surface area contributed by atoms with E-state index in [1.54, 1.807) is 33.8 Å². The Morgan fingerprint density at radius 3 is 2.53 bits per heavy atom. The molecule has 4 aromatic rings. The minimum absolute atomic E-state index is 0.131. The molecule has 3 heterocycles. The summed E-state index contributed by atoms with van der Waals surface area (Å²) < 4.78 is 7.05. The quantitative estimate of drug-likeness (QED) is 0.412. The molecule has 1 amide bonds. The van der Waals surface area contributed by atoms with Crippen LogP contribution in [0.1, 0.15) is 22.1 Å². The smallest absolute Gasteiger partial charge is 0.276 e. The zero-order valence-electron chi connectivity index (χ0n) is 18.4. The van der Waals surface area contributed by atoms with Gasteiger partial charge >= 0.3 is 0 Å². The number of halogens is 2. The average Bonchev–Trinajstić information content (AvgIpc) is 3.46. The number of carbonyl (C=O) groups is 1. The Labute approximate surface area is 205 Å². The molecule has 1 fully saturated rings. The summed E-state index contributed by atoms with van der Waals surface area (Å²) in [6, 6.07) is 14.6. The average molecular weight is 498 g/mol. The van der Waals surface area contributed by atoms with Crippen LogP contribution in [0.3, 0.4) is 0 Å². The maximum Gasteiger partial charge on any atom is 0.276 e. The first-order valence-corrected chi connectivity index (χ1v) is 11.5. The molecule has 0 spiro atoms. The summed E-state index contributed by atoms with van der Waals surface area (Å²) in [5, 5.41) is 13.6. The molecule has 1 saturated heterocycles. The molecule has 174 valence electrons. The van der Waals surface area contributed by atoms with Crippen molar-refractivity contribution in [2.45, 2.75) is 13.5 Å². The van der Waals surface area contributed by atoms with Crippen molar-refractivity contribution in [2.75, 3.05) is 26.2 Å². The highest BCUT2D eigenvalue weighted by Crippen LogP contribution is 2.20. The van der Waals surface area contributed by atoms with E-state index in [2.05, 4.69) is 25.4 Å². The lowest BCUT2D eigenvalue weighted by atomic mass is 10.2. The van der Waals surface area contributed by atoms with Gasteiger partial charge in [0.05, 0.1) is 17.9 Å². The second-order valence-corrected chi connectivity index (χ2v) is 8.87. The van der Waals surface area contributed by atoms with E-state index in [0.29, 0.717) is 65.9 Å². The number of benzene rings is 2. The molecular formula is C23H21Cl2N7O2. The summed E-state index contributed by atoms with van der Waals surface area (Å²) in [6.07, 6.45) is 0. The van der Waals surface area contributed by atoms with Gasteiger partial charge in [-0.05, 0) is 49.4 Å². The number of rotatable bonds is 5. The molecule has 1 aliphatic rings. The molecule has 0 radical (unpaired) electrons. The van der Waals surface area contributed by atoms with Crippen LogP contribution < -0.4 is 0 Å². The fourth-order valence-corrected chi connectivity index (χ4v) is 4.18. The Morgan fingerprint density at radius 2 is 1.79 bits per heavy atom. The predicted octanol–water partition coefficient (Wildman–Crippen LogP) is 3.89. The summed E-state index contributed by atoms with van der Waals surface area (Å²) in [5.74, 6) is 0.928. The number of hydrogen-bond donors (Lipinski definition) is 0. The molecule has 2 aromatic carbocycles. The van der Waals surface area contributed by atoms with Gasteiger partial charge in [0.25, 0.3) is 5.91 Å². The van der Waals surface area contributed by atoms with E-state index >= 15 is 0 Å². The molecule has 2 aromatic heterocycles. The molecule has 9 nitrogen and oxygen atoms in total. The third-order valence-electron chi connectivity index (χ3n) is 5.74. The van der Waals surface area contributed by atoms with Gasteiger partial charge in [-0.15, -0.1) is 5.10 Å². The number of aromatic nitrogens is 5. The van der Waals surface area contributed by atoms with Crippen LogP contribution in [0, 0.1) is 6.92 Å². The Hall–Kier alpha value is -3.27. The fourth-order valence-electron chi connectivity index (χ4n) is 3.87. The van der Waals surface area contributed by atoms with Crippen LogP contribution in [0.15, 0.2) is 53.1 Å². The van der Waals surface area contributed by atoms with Crippen LogP contribution in [-0.4, -0.2) is 67.0 Å². The fraction of sp³-hybridized carbons (Fsp3) is 0.261. The van der Waals surface area contributed by atoms with Gasteiger partial charge in [-0.25, -0.2) is 4.68 Å². The van der Waals surface area contributed by atoms with Gasteiger partial charge in [-0.2, -0.15) is 4.98 Å². The normalized spacial score (nSPS) is 14.5. The zero-order chi connectivity index (χ0) is 23.7. The molecule has 34 heavy (non-hydrogen) atoms. The van der Waals surface area contributed by atoms with Crippen molar-refractivity contribution in [3.8, 4) is 17.1 Å². The Balaban J connectivity index is 1.20. The number of hydrogen-bond acceptors (Lipinski definition) is 7. The van der Waals surface area contributed by atoms with Gasteiger partial charge in [0, 0.05) is 41.8 Å². The topological polar surface area (TPSA) is 93.2 Å². The number of amides is 1. The maximum absolute atomic E-state index is 13.1. The lowest BCUT2D eigenvalue weighted by molar-refractivity contribution is 0.0608. The van der Waals surface area contributed by atoms with Crippen molar-refractivity contribution in [2.24, 2.45) is 0 Å². The van der Waals surface area contributed by atoms with Crippen LogP contribution in [0.25, 0.3) is 17.1 Å². The van der Waals surface area contributed by atoms with Crippen LogP contribution in [-0.2, 0) is 6.54 Å². The van der Waals surface area contributed by atoms with Crippen molar-refractivity contribution in [3.05, 3.63) is 75.9 Å². The van der Waals surface area contributed by atoms with Gasteiger partial charge in [0.15, 0.2) is 5.69 Å². The third-order valence-corrected chi connectivity index (χ3v) is 6.23. The van der Waals surface area contributed by atoms with E-state index in [-0.39, 0.29) is 5.91 Å². The van der Waals surface area contributed by atoms with Crippen molar-refractivity contribution < 1.29 is 9.32 Å². The van der Waals surface area contributed by atoms with Crippen molar-refractivity contribution in [3.63, 3.8) is 0 Å². The summed E-state index contributed by atoms with van der Waals surface area (Å²) in [4.78, 5) is 21.6. The van der Waals surface area contributed by atoms with Gasteiger partial charge in [0.2, 0.25) is 11.7 Å². The summed E-state index contributed by atoms with van der Waals surface area (Å²) in [6.45, 7) is 4.86. The molecule has 0 N–H and O–H groups in total. The molecule has 5 rings (SSSR count). The van der Waals surface area contributed by atoms with Crippen molar-refractivity contribution in [1.82, 2.24) is 34.9 Å². The van der Waals surface area contributed by atoms with Gasteiger partial charge in [-0.1, -0.05) is 39.6 Å². The minimum atomic E-state index is -0.131. The Bertz CT molecular complexity index is 1310. The first kappa shape index (κ1) is 22.5. The van der Waals surface area contributed by atoms with Crippen molar-refractivity contribution >= 4 is 29.1 Å². The summed E-state index contributed by atoms with van der Waals surface area (Å²) >= 11 is 12.0. The van der Waals surface area contributed by atoms with Gasteiger partial charge < -0.3 is 9.42 Å². The minimum Gasteiger partial charge on any atom is -0.338 e. The monoisotopic (exact) mass is 497 g/mol. The van der Waals surface area contributed by atoms with E-state index in [4.69, 9.17) is 27.7 Å². The van der Waals surface area contributed by atoms with E-state index in [9.17, 15) is 4.79 Å². The molecule has 11 heteroatoms. The SMILES string of the molecule is Cc1c(C(=O)N2CCN(Cc3nc(-c4ccc(Cl)cc4)no3)CC2)nnn1-c1cccc(Cl)c1. The standard InChI is InChI=1S/C23H21Cl2N7O2/c1-15-21(27-29-32(15)19-4-2-3-18(25)13-19)23(33)31-11-9-30(10-12-31)14-20-26-22(28-34-20)16-5-7-17(24)8-6-16/h2-8,13H,9-12,14H2,1H3. The van der Waals surface area contributed by atoms with Crippen LogP contribution in [0.5, 0.6) is 0 Å². The highest BCUT2D eigenvalue weighted by Gasteiger charge is 2.27. The summed E-state index contributed by atoms with van der Waals surface area (Å²) in [5.41, 5.74) is 2.63. The Kier molecular flexibility index (Phi) is 6.32. The van der Waals surface area contributed by atoms with Crippen LogP contribution in [0.4, 0.5) is 0 Å². The molecular weight excluding hydrogens is 477 g/mol. The lowest BCUT2D eigenvalue weighted by Crippen LogP contribution is -2.48. The molecule has 0 aliphatic carbocycles. The van der Waals surface area contributed by atoms with Crippen molar-refractivity contribution in [1.29, 1.82) is 0 Å². The van der Waals surface area contributed by atoms with Gasteiger partial charge in [0.1, 0.15) is 0 Å². The molecule has 0 atom stereocenters. The first-order valence-electron chi connectivity index (χ1n) is 10.8. The van der Waals surface area contributed by atoms with E-state index in [1.165, 1.54) is 0 Å². The summed E-state index contributed by atoms with van der Waals surface area (Å²) in [7, 11) is 0. The third kappa shape index (κ3) is 4.68. The number of piperazine rings is 1. The van der Waals surface area contributed by atoms with Crippen LogP contribution >= 0.6 is 23.2 Å². The molecule has 0 unspecified atom stereocenters. The largest absolute Gasteiger partial charge is 0.338 e.